The van der Waals surface area contributed by atoms with E-state index in [0.717, 1.165) is 18.5 Å². The van der Waals surface area contributed by atoms with Crippen LogP contribution < -0.4 is 5.73 Å². The summed E-state index contributed by atoms with van der Waals surface area (Å²) in [7, 11) is 0. The molecule has 1 aliphatic carbocycles. The van der Waals surface area contributed by atoms with Crippen molar-refractivity contribution in [3.63, 3.8) is 0 Å². The minimum absolute atomic E-state index is 0.855. The zero-order chi connectivity index (χ0) is 9.10. The second kappa shape index (κ2) is 4.43. The lowest BCUT2D eigenvalue weighted by Gasteiger charge is -2.31. The van der Waals surface area contributed by atoms with Crippen LogP contribution in [0, 0.1) is 5.92 Å². The summed E-state index contributed by atoms with van der Waals surface area (Å²) >= 11 is 0. The van der Waals surface area contributed by atoms with Crippen molar-refractivity contribution in [3.8, 4) is 0 Å². The average molecular weight is 182 g/mol. The topological polar surface area (TPSA) is 29.3 Å². The molecule has 0 aromatic rings. The van der Waals surface area contributed by atoms with E-state index in [9.17, 15) is 0 Å². The maximum absolute atomic E-state index is 5.55. The molecule has 1 aliphatic heterocycles. The van der Waals surface area contributed by atoms with Crippen LogP contribution in [0.3, 0.4) is 0 Å². The lowest BCUT2D eigenvalue weighted by atomic mass is 9.85. The normalized spacial score (nSPS) is 34.8. The summed E-state index contributed by atoms with van der Waals surface area (Å²) in [4.78, 5) is 2.69. The lowest BCUT2D eigenvalue weighted by Crippen LogP contribution is -2.35. The van der Waals surface area contributed by atoms with Crippen LogP contribution in [0.1, 0.15) is 38.5 Å². The highest BCUT2D eigenvalue weighted by atomic mass is 15.2. The molecule has 2 heteroatoms. The molecular formula is C11H22N2. The van der Waals surface area contributed by atoms with Crippen LogP contribution in [0.5, 0.6) is 0 Å². The Morgan fingerprint density at radius 2 is 2.00 bits per heavy atom. The van der Waals surface area contributed by atoms with Crippen LogP contribution in [0.4, 0.5) is 0 Å². The van der Waals surface area contributed by atoms with Gasteiger partial charge in [0.15, 0.2) is 0 Å². The van der Waals surface area contributed by atoms with Crippen molar-refractivity contribution >= 4 is 0 Å². The fourth-order valence-corrected chi connectivity index (χ4v) is 3.08. The van der Waals surface area contributed by atoms with Gasteiger partial charge in [-0.1, -0.05) is 12.8 Å². The maximum atomic E-state index is 5.55. The molecule has 76 valence electrons. The molecule has 0 spiro atoms. The number of nitrogens with zero attached hydrogens (tertiary/aromatic N) is 1. The number of nitrogens with two attached hydrogens (primary N) is 1. The second-order valence-electron chi connectivity index (χ2n) is 4.58. The van der Waals surface area contributed by atoms with Gasteiger partial charge in [-0.25, -0.2) is 0 Å². The molecule has 2 aliphatic rings. The smallest absolute Gasteiger partial charge is 0.0124 e. The molecule has 2 unspecified atom stereocenters. The molecule has 2 atom stereocenters. The van der Waals surface area contributed by atoms with Crippen molar-refractivity contribution in [2.75, 3.05) is 19.6 Å². The van der Waals surface area contributed by atoms with Crippen molar-refractivity contribution in [2.24, 2.45) is 11.7 Å². The summed E-state index contributed by atoms with van der Waals surface area (Å²) in [5, 5.41) is 0. The highest BCUT2D eigenvalue weighted by Gasteiger charge is 2.34. The molecule has 2 fully saturated rings. The molecule has 13 heavy (non-hydrogen) atoms. The first-order chi connectivity index (χ1) is 6.42. The van der Waals surface area contributed by atoms with E-state index in [1.807, 2.05) is 0 Å². The minimum Gasteiger partial charge on any atom is -0.330 e. The van der Waals surface area contributed by atoms with E-state index >= 15 is 0 Å². The number of hydrogen-bond donors (Lipinski definition) is 1. The Bertz CT molecular complexity index is 158. The van der Waals surface area contributed by atoms with Crippen molar-refractivity contribution < 1.29 is 0 Å². The van der Waals surface area contributed by atoms with Gasteiger partial charge in [-0.3, -0.25) is 0 Å². The minimum atomic E-state index is 0.855. The van der Waals surface area contributed by atoms with Gasteiger partial charge in [0.25, 0.3) is 0 Å². The molecule has 0 aromatic heterocycles. The van der Waals surface area contributed by atoms with E-state index in [-0.39, 0.29) is 0 Å². The van der Waals surface area contributed by atoms with Crippen LogP contribution in [0.2, 0.25) is 0 Å². The van der Waals surface area contributed by atoms with Crippen molar-refractivity contribution in [2.45, 2.75) is 44.6 Å². The summed E-state index contributed by atoms with van der Waals surface area (Å²) in [5.41, 5.74) is 5.55. The Hall–Kier alpha value is -0.0800. The van der Waals surface area contributed by atoms with Crippen molar-refractivity contribution in [1.29, 1.82) is 0 Å². The molecule has 1 heterocycles. The largest absolute Gasteiger partial charge is 0.330 e. The highest BCUT2D eigenvalue weighted by molar-refractivity contribution is 4.89. The van der Waals surface area contributed by atoms with Crippen LogP contribution in [-0.2, 0) is 0 Å². The van der Waals surface area contributed by atoms with Crippen LogP contribution in [-0.4, -0.2) is 30.6 Å². The van der Waals surface area contributed by atoms with Gasteiger partial charge in [-0.05, 0) is 51.2 Å². The van der Waals surface area contributed by atoms with Crippen LogP contribution >= 0.6 is 0 Å². The zero-order valence-electron chi connectivity index (χ0n) is 8.54. The summed E-state index contributed by atoms with van der Waals surface area (Å²) in [5.74, 6) is 1.03. The number of fused-ring (bicyclic) bond motifs is 1. The van der Waals surface area contributed by atoms with Gasteiger partial charge in [-0.15, -0.1) is 0 Å². The molecule has 2 nitrogen and oxygen atoms in total. The van der Waals surface area contributed by atoms with E-state index in [0.29, 0.717) is 0 Å². The van der Waals surface area contributed by atoms with E-state index in [1.54, 1.807) is 0 Å². The quantitative estimate of drug-likeness (QED) is 0.718. The maximum Gasteiger partial charge on any atom is 0.0124 e. The molecule has 2 rings (SSSR count). The van der Waals surface area contributed by atoms with Gasteiger partial charge in [0.2, 0.25) is 0 Å². The zero-order valence-corrected chi connectivity index (χ0v) is 8.54. The second-order valence-corrected chi connectivity index (χ2v) is 4.58. The number of rotatable bonds is 3. The molecule has 1 saturated heterocycles. The third kappa shape index (κ3) is 2.05. The predicted molar refractivity (Wildman–Crippen MR) is 55.6 cm³/mol. The van der Waals surface area contributed by atoms with E-state index in [4.69, 9.17) is 5.73 Å². The van der Waals surface area contributed by atoms with Crippen LogP contribution in [0.25, 0.3) is 0 Å². The van der Waals surface area contributed by atoms with E-state index < -0.39 is 0 Å². The van der Waals surface area contributed by atoms with Crippen molar-refractivity contribution in [1.82, 2.24) is 4.90 Å². The summed E-state index contributed by atoms with van der Waals surface area (Å²) in [6.07, 6.45) is 8.52. The third-order valence-electron chi connectivity index (χ3n) is 3.77. The molecule has 0 bridgehead atoms. The SMILES string of the molecule is NCCCN1CCC2CCCCC21. The van der Waals surface area contributed by atoms with E-state index in [2.05, 4.69) is 4.90 Å². The standard InChI is InChI=1S/C11H22N2/c12-7-3-8-13-9-6-10-4-1-2-5-11(10)13/h10-11H,1-9,12H2. The molecule has 0 amide bonds. The Kier molecular flexibility index (Phi) is 3.23. The number of likely N-dealkylation sites (tertiary alicyclic amines) is 1. The molecule has 0 aromatic carbocycles. The molecule has 0 radical (unpaired) electrons. The summed E-state index contributed by atoms with van der Waals surface area (Å²) in [6, 6.07) is 0.931. The van der Waals surface area contributed by atoms with Gasteiger partial charge >= 0.3 is 0 Å². The fraction of sp³-hybridized carbons (Fsp3) is 1.00. The predicted octanol–water partition coefficient (Wildman–Crippen LogP) is 1.60. The average Bonchev–Trinajstić information content (AvgIpc) is 2.58. The number of hydrogen-bond acceptors (Lipinski definition) is 2. The van der Waals surface area contributed by atoms with E-state index in [1.165, 1.54) is 51.6 Å². The first-order valence-electron chi connectivity index (χ1n) is 5.86. The molecule has 1 saturated carbocycles. The van der Waals surface area contributed by atoms with Crippen molar-refractivity contribution in [3.05, 3.63) is 0 Å². The third-order valence-corrected chi connectivity index (χ3v) is 3.77. The first-order valence-corrected chi connectivity index (χ1v) is 5.86. The van der Waals surface area contributed by atoms with Crippen LogP contribution in [0.15, 0.2) is 0 Å². The molecule has 2 N–H and O–H groups in total. The first kappa shape index (κ1) is 9.47. The molecular weight excluding hydrogens is 160 g/mol. The Labute approximate surface area is 81.5 Å². The monoisotopic (exact) mass is 182 g/mol. The fourth-order valence-electron chi connectivity index (χ4n) is 3.08. The Morgan fingerprint density at radius 1 is 1.15 bits per heavy atom. The van der Waals surface area contributed by atoms with Gasteiger partial charge in [0, 0.05) is 6.04 Å². The van der Waals surface area contributed by atoms with Gasteiger partial charge in [0.1, 0.15) is 0 Å². The lowest BCUT2D eigenvalue weighted by molar-refractivity contribution is 0.182. The Balaban J connectivity index is 1.84. The van der Waals surface area contributed by atoms with Gasteiger partial charge in [0.05, 0.1) is 0 Å². The highest BCUT2D eigenvalue weighted by Crippen LogP contribution is 2.35. The summed E-state index contributed by atoms with van der Waals surface area (Å²) in [6.45, 7) is 3.45. The Morgan fingerprint density at radius 3 is 2.85 bits per heavy atom. The van der Waals surface area contributed by atoms with Gasteiger partial charge < -0.3 is 10.6 Å². The van der Waals surface area contributed by atoms with Gasteiger partial charge in [-0.2, -0.15) is 0 Å². The summed E-state index contributed by atoms with van der Waals surface area (Å²) < 4.78 is 0.